The molecule has 0 spiro atoms. The Labute approximate surface area is 118 Å². The average molecular weight is 297 g/mol. The molecule has 0 bridgehead atoms. The Balaban J connectivity index is 1.72. The zero-order valence-corrected chi connectivity index (χ0v) is 11.9. The van der Waals surface area contributed by atoms with Crippen LogP contribution in [0.3, 0.4) is 0 Å². The summed E-state index contributed by atoms with van der Waals surface area (Å²) in [7, 11) is -3.41. The van der Waals surface area contributed by atoms with Gasteiger partial charge in [-0.2, -0.15) is 0 Å². The van der Waals surface area contributed by atoms with Crippen LogP contribution >= 0.6 is 0 Å². The van der Waals surface area contributed by atoms with Gasteiger partial charge in [0.2, 0.25) is 15.9 Å². The van der Waals surface area contributed by atoms with Crippen molar-refractivity contribution in [2.75, 3.05) is 12.3 Å². The molecule has 0 heterocycles. The number of amides is 1. The van der Waals surface area contributed by atoms with Crippen LogP contribution in [0.25, 0.3) is 0 Å². The third-order valence-corrected chi connectivity index (χ3v) is 4.56. The van der Waals surface area contributed by atoms with Crippen molar-refractivity contribution in [3.8, 4) is 0 Å². The summed E-state index contributed by atoms with van der Waals surface area (Å²) in [6.45, 7) is 0.319. The number of carbonyl (C=O) groups is 1. The normalized spacial score (nSPS) is 16.6. The third-order valence-electron chi connectivity index (χ3n) is 3.24. The van der Waals surface area contributed by atoms with Gasteiger partial charge in [-0.3, -0.25) is 4.79 Å². The van der Waals surface area contributed by atoms with Crippen LogP contribution in [0.2, 0.25) is 0 Å². The van der Waals surface area contributed by atoms with E-state index in [1.54, 1.807) is 0 Å². The van der Waals surface area contributed by atoms with Crippen LogP contribution in [0, 0.1) is 0 Å². The summed E-state index contributed by atoms with van der Waals surface area (Å²) in [6, 6.07) is 9.25. The maximum Gasteiger partial charge on any atom is 0.240 e. The second kappa shape index (κ2) is 5.90. The zero-order chi connectivity index (χ0) is 14.6. The van der Waals surface area contributed by atoms with E-state index in [9.17, 15) is 13.2 Å². The Kier molecular flexibility index (Phi) is 4.42. The Bertz CT molecular complexity index is 568. The number of nitrogens with two attached hydrogens (primary N) is 1. The van der Waals surface area contributed by atoms with Gasteiger partial charge in [0.1, 0.15) is 0 Å². The number of hydrogen-bond acceptors (Lipinski definition) is 4. The highest BCUT2D eigenvalue weighted by Crippen LogP contribution is 2.31. The minimum Gasteiger partial charge on any atom is -0.353 e. The van der Waals surface area contributed by atoms with Crippen molar-refractivity contribution in [1.29, 1.82) is 0 Å². The third kappa shape index (κ3) is 4.29. The molecule has 110 valence electrons. The fourth-order valence-electron chi connectivity index (χ4n) is 1.70. The summed E-state index contributed by atoms with van der Waals surface area (Å²) in [6.07, 6.45) is 1.33. The largest absolute Gasteiger partial charge is 0.353 e. The average Bonchev–Trinajstić information content (AvgIpc) is 3.17. The molecular formula is C13H19N3O3S. The van der Waals surface area contributed by atoms with Gasteiger partial charge in [-0.25, -0.2) is 13.1 Å². The molecule has 0 aromatic heterocycles. The number of rotatable bonds is 7. The van der Waals surface area contributed by atoms with Crippen LogP contribution in [0.15, 0.2) is 30.3 Å². The molecular weight excluding hydrogens is 278 g/mol. The van der Waals surface area contributed by atoms with E-state index in [4.69, 9.17) is 5.73 Å². The molecule has 1 aromatic rings. The smallest absolute Gasteiger partial charge is 0.240 e. The Morgan fingerprint density at radius 3 is 2.50 bits per heavy atom. The van der Waals surface area contributed by atoms with Crippen LogP contribution in [-0.2, 0) is 21.4 Å². The maximum atomic E-state index is 11.8. The molecule has 0 unspecified atom stereocenters. The summed E-state index contributed by atoms with van der Waals surface area (Å²) >= 11 is 0. The first-order chi connectivity index (χ1) is 9.41. The van der Waals surface area contributed by atoms with E-state index in [2.05, 4.69) is 10.0 Å². The lowest BCUT2D eigenvalue weighted by molar-refractivity contribution is -0.123. The van der Waals surface area contributed by atoms with Crippen molar-refractivity contribution in [3.05, 3.63) is 35.9 Å². The van der Waals surface area contributed by atoms with Gasteiger partial charge in [-0.05, 0) is 18.4 Å². The molecule has 1 aliphatic carbocycles. The molecule has 7 heteroatoms. The van der Waals surface area contributed by atoms with Crippen LogP contribution in [-0.4, -0.2) is 32.2 Å². The molecule has 6 nitrogen and oxygen atoms in total. The first kappa shape index (κ1) is 15.0. The van der Waals surface area contributed by atoms with E-state index in [0.29, 0.717) is 12.8 Å². The summed E-state index contributed by atoms with van der Waals surface area (Å²) < 4.78 is 26.0. The van der Waals surface area contributed by atoms with E-state index >= 15 is 0 Å². The zero-order valence-electron chi connectivity index (χ0n) is 11.1. The second-order valence-electron chi connectivity index (χ2n) is 5.04. The van der Waals surface area contributed by atoms with Gasteiger partial charge in [0, 0.05) is 13.1 Å². The molecule has 2 rings (SSSR count). The monoisotopic (exact) mass is 297 g/mol. The summed E-state index contributed by atoms with van der Waals surface area (Å²) in [5, 5.41) is 2.56. The van der Waals surface area contributed by atoms with Gasteiger partial charge < -0.3 is 11.1 Å². The molecule has 1 aliphatic rings. The van der Waals surface area contributed by atoms with Gasteiger partial charge in [0.25, 0.3) is 0 Å². The van der Waals surface area contributed by atoms with E-state index in [-0.39, 0.29) is 24.7 Å². The van der Waals surface area contributed by atoms with Gasteiger partial charge in [-0.1, -0.05) is 30.3 Å². The Hall–Kier alpha value is -1.44. The van der Waals surface area contributed by atoms with Crippen LogP contribution in [0.4, 0.5) is 0 Å². The highest BCUT2D eigenvalue weighted by molar-refractivity contribution is 7.89. The van der Waals surface area contributed by atoms with Crippen LogP contribution < -0.4 is 15.8 Å². The first-order valence-corrected chi connectivity index (χ1v) is 8.15. The van der Waals surface area contributed by atoms with Crippen LogP contribution in [0.1, 0.15) is 18.4 Å². The molecule has 0 saturated heterocycles. The van der Waals surface area contributed by atoms with E-state index in [0.717, 1.165) is 5.56 Å². The Morgan fingerprint density at radius 2 is 1.90 bits per heavy atom. The number of benzene rings is 1. The molecule has 1 aromatic carbocycles. The van der Waals surface area contributed by atoms with Crippen molar-refractivity contribution in [2.45, 2.75) is 24.9 Å². The van der Waals surface area contributed by atoms with Crippen molar-refractivity contribution in [2.24, 2.45) is 5.73 Å². The van der Waals surface area contributed by atoms with E-state index in [1.807, 2.05) is 30.3 Å². The highest BCUT2D eigenvalue weighted by Gasteiger charge is 2.45. The molecule has 4 N–H and O–H groups in total. The molecule has 0 radical (unpaired) electrons. The topological polar surface area (TPSA) is 101 Å². The number of nitrogens with one attached hydrogen (secondary N) is 2. The van der Waals surface area contributed by atoms with Crippen molar-refractivity contribution < 1.29 is 13.2 Å². The number of carbonyl (C=O) groups excluding carboxylic acids is 1. The predicted octanol–water partition coefficient (Wildman–Crippen LogP) is -0.286. The van der Waals surface area contributed by atoms with E-state index in [1.165, 1.54) is 0 Å². The van der Waals surface area contributed by atoms with E-state index < -0.39 is 15.6 Å². The SMILES string of the molecule is NC1(C(=O)NCCS(=O)(=O)NCc2ccccc2)CC1. The standard InChI is InChI=1S/C13H19N3O3S/c14-13(6-7-13)12(17)15-8-9-20(18,19)16-10-11-4-2-1-3-5-11/h1-5,16H,6-10,14H2,(H,15,17). The number of hydrogen-bond donors (Lipinski definition) is 3. The molecule has 1 saturated carbocycles. The maximum absolute atomic E-state index is 11.8. The lowest BCUT2D eigenvalue weighted by Crippen LogP contribution is -2.44. The Morgan fingerprint density at radius 1 is 1.25 bits per heavy atom. The van der Waals surface area contributed by atoms with Gasteiger partial charge in [0.15, 0.2) is 0 Å². The predicted molar refractivity (Wildman–Crippen MR) is 76.2 cm³/mol. The molecule has 1 amide bonds. The molecule has 1 fully saturated rings. The lowest BCUT2D eigenvalue weighted by atomic mass is 10.2. The first-order valence-electron chi connectivity index (χ1n) is 6.50. The van der Waals surface area contributed by atoms with Crippen molar-refractivity contribution >= 4 is 15.9 Å². The summed E-state index contributed by atoms with van der Waals surface area (Å²) in [5.41, 5.74) is 5.82. The highest BCUT2D eigenvalue weighted by atomic mass is 32.2. The summed E-state index contributed by atoms with van der Waals surface area (Å²) in [4.78, 5) is 11.5. The lowest BCUT2D eigenvalue weighted by Gasteiger charge is -2.11. The van der Waals surface area contributed by atoms with Gasteiger partial charge in [0.05, 0.1) is 11.3 Å². The van der Waals surface area contributed by atoms with Crippen molar-refractivity contribution in [3.63, 3.8) is 0 Å². The van der Waals surface area contributed by atoms with Gasteiger partial charge >= 0.3 is 0 Å². The molecule has 0 aliphatic heterocycles. The summed E-state index contributed by atoms with van der Waals surface area (Å²) in [5.74, 6) is -0.419. The fourth-order valence-corrected chi connectivity index (χ4v) is 2.60. The fraction of sp³-hybridized carbons (Fsp3) is 0.462. The number of sulfonamides is 1. The molecule has 0 atom stereocenters. The van der Waals surface area contributed by atoms with Crippen molar-refractivity contribution in [1.82, 2.24) is 10.0 Å². The van der Waals surface area contributed by atoms with Gasteiger partial charge in [-0.15, -0.1) is 0 Å². The van der Waals surface area contributed by atoms with Crippen LogP contribution in [0.5, 0.6) is 0 Å². The molecule has 20 heavy (non-hydrogen) atoms. The minimum absolute atomic E-state index is 0.0713. The quantitative estimate of drug-likeness (QED) is 0.644. The minimum atomic E-state index is -3.41. The second-order valence-corrected chi connectivity index (χ2v) is 6.96.